The van der Waals surface area contributed by atoms with Gasteiger partial charge in [-0.2, -0.15) is 0 Å². The van der Waals surface area contributed by atoms with Crippen LogP contribution in [0.3, 0.4) is 0 Å². The fourth-order valence-electron chi connectivity index (χ4n) is 2.19. The highest BCUT2D eigenvalue weighted by Gasteiger charge is 2.13. The van der Waals surface area contributed by atoms with Crippen molar-refractivity contribution in [2.75, 3.05) is 27.2 Å². The van der Waals surface area contributed by atoms with E-state index < -0.39 is 0 Å². The molecule has 0 radical (unpaired) electrons. The van der Waals surface area contributed by atoms with Gasteiger partial charge >= 0.3 is 0 Å². The molecule has 122 valence electrons. The average Bonchev–Trinajstić information content (AvgIpc) is 2.56. The number of amides is 1. The van der Waals surface area contributed by atoms with E-state index in [0.29, 0.717) is 30.2 Å². The largest absolute Gasteiger partial charge is 0.340 e. The molecule has 0 aliphatic carbocycles. The number of carbonyl (C=O) groups excluding carboxylic acids is 1. The summed E-state index contributed by atoms with van der Waals surface area (Å²) >= 11 is 6.14. The topological polar surface area (TPSA) is 54.3 Å². The van der Waals surface area contributed by atoms with Crippen molar-refractivity contribution in [1.29, 1.82) is 0 Å². The second-order valence-corrected chi connectivity index (χ2v) is 5.71. The third kappa shape index (κ3) is 4.43. The Morgan fingerprint density at radius 1 is 1.26 bits per heavy atom. The molecule has 0 fully saturated rings. The molecule has 1 aromatic heterocycles. The lowest BCUT2D eigenvalue weighted by atomic mass is 10.2. The molecule has 1 N–H and O–H groups in total. The first-order chi connectivity index (χ1) is 11.0. The van der Waals surface area contributed by atoms with Gasteiger partial charge in [-0.05, 0) is 24.7 Å². The number of pyridine rings is 1. The van der Waals surface area contributed by atoms with E-state index >= 15 is 0 Å². The molecule has 0 spiro atoms. The normalized spacial score (nSPS) is 10.6. The average molecular weight is 334 g/mol. The van der Waals surface area contributed by atoms with Gasteiger partial charge in [-0.1, -0.05) is 29.8 Å². The third-order valence-electron chi connectivity index (χ3n) is 3.57. The maximum atomic E-state index is 12.4. The zero-order valence-corrected chi connectivity index (χ0v) is 14.0. The lowest BCUT2D eigenvalue weighted by molar-refractivity contribution is 0.0796. The van der Waals surface area contributed by atoms with E-state index in [4.69, 9.17) is 11.6 Å². The molecule has 1 amide bonds. The molecule has 1 aromatic carbocycles. The summed E-state index contributed by atoms with van der Waals surface area (Å²) in [5.41, 5.74) is 1.15. The predicted molar refractivity (Wildman–Crippen MR) is 92.1 cm³/mol. The van der Waals surface area contributed by atoms with Crippen molar-refractivity contribution in [2.45, 2.75) is 6.54 Å². The van der Waals surface area contributed by atoms with Crippen molar-refractivity contribution >= 4 is 17.5 Å². The van der Waals surface area contributed by atoms with Gasteiger partial charge < -0.3 is 14.8 Å². The molecule has 0 saturated carbocycles. The molecule has 0 unspecified atom stereocenters. The Morgan fingerprint density at radius 2 is 2.00 bits per heavy atom. The molecule has 23 heavy (non-hydrogen) atoms. The molecule has 0 aliphatic heterocycles. The van der Waals surface area contributed by atoms with Crippen molar-refractivity contribution in [3.05, 3.63) is 69.1 Å². The van der Waals surface area contributed by atoms with Gasteiger partial charge in [0.25, 0.3) is 11.5 Å². The van der Waals surface area contributed by atoms with Crippen molar-refractivity contribution in [1.82, 2.24) is 14.8 Å². The van der Waals surface area contributed by atoms with E-state index in [-0.39, 0.29) is 11.5 Å². The van der Waals surface area contributed by atoms with Gasteiger partial charge in [-0.15, -0.1) is 0 Å². The third-order valence-corrected chi connectivity index (χ3v) is 3.94. The SMILES string of the molecule is CNCCN(C)C(=O)c1ccc(=O)n(Cc2ccccc2Cl)c1. The van der Waals surface area contributed by atoms with Crippen LogP contribution in [0.25, 0.3) is 0 Å². The van der Waals surface area contributed by atoms with Crippen LogP contribution in [-0.4, -0.2) is 42.6 Å². The fourth-order valence-corrected chi connectivity index (χ4v) is 2.39. The smallest absolute Gasteiger partial charge is 0.255 e. The van der Waals surface area contributed by atoms with Gasteiger partial charge in [0.1, 0.15) is 0 Å². The zero-order valence-electron chi connectivity index (χ0n) is 13.3. The highest BCUT2D eigenvalue weighted by molar-refractivity contribution is 6.31. The van der Waals surface area contributed by atoms with E-state index in [1.807, 2.05) is 25.2 Å². The summed E-state index contributed by atoms with van der Waals surface area (Å²) in [6, 6.07) is 10.3. The van der Waals surface area contributed by atoms with Crippen molar-refractivity contribution in [3.63, 3.8) is 0 Å². The summed E-state index contributed by atoms with van der Waals surface area (Å²) < 4.78 is 1.50. The Balaban J connectivity index is 2.24. The summed E-state index contributed by atoms with van der Waals surface area (Å²) in [6.45, 7) is 1.64. The van der Waals surface area contributed by atoms with E-state index in [9.17, 15) is 9.59 Å². The molecule has 0 aliphatic rings. The van der Waals surface area contributed by atoms with Crippen LogP contribution in [0.5, 0.6) is 0 Å². The van der Waals surface area contributed by atoms with Crippen LogP contribution >= 0.6 is 11.6 Å². The molecule has 1 heterocycles. The van der Waals surface area contributed by atoms with Gasteiger partial charge in [0.2, 0.25) is 0 Å². The van der Waals surface area contributed by atoms with Crippen LogP contribution in [0, 0.1) is 0 Å². The van der Waals surface area contributed by atoms with Gasteiger partial charge in [0, 0.05) is 37.4 Å². The molecule has 0 saturated heterocycles. The van der Waals surface area contributed by atoms with Crippen molar-refractivity contribution in [3.8, 4) is 0 Å². The molecule has 2 aromatic rings. The Kier molecular flexibility index (Phi) is 5.96. The fraction of sp³-hybridized carbons (Fsp3) is 0.294. The van der Waals surface area contributed by atoms with Crippen molar-refractivity contribution < 1.29 is 4.79 Å². The minimum Gasteiger partial charge on any atom is -0.340 e. The van der Waals surface area contributed by atoms with Gasteiger partial charge in [-0.3, -0.25) is 9.59 Å². The first-order valence-corrected chi connectivity index (χ1v) is 7.74. The highest BCUT2D eigenvalue weighted by Crippen LogP contribution is 2.15. The number of nitrogens with one attached hydrogen (secondary N) is 1. The van der Waals surface area contributed by atoms with E-state index in [2.05, 4.69) is 5.32 Å². The minimum atomic E-state index is -0.167. The standard InChI is InChI=1S/C17H20ClN3O2/c1-19-9-10-20(2)17(23)14-7-8-16(22)21(12-14)11-13-5-3-4-6-15(13)18/h3-8,12,19H,9-11H2,1-2H3. The monoisotopic (exact) mass is 333 g/mol. The number of nitrogens with zero attached hydrogens (tertiary/aromatic N) is 2. The molecule has 0 atom stereocenters. The molecule has 0 bridgehead atoms. The van der Waals surface area contributed by atoms with E-state index in [1.165, 1.54) is 10.6 Å². The first-order valence-electron chi connectivity index (χ1n) is 7.37. The van der Waals surface area contributed by atoms with Crippen LogP contribution in [0.1, 0.15) is 15.9 Å². The molecular weight excluding hydrogens is 314 g/mol. The molecule has 5 nitrogen and oxygen atoms in total. The summed E-state index contributed by atoms with van der Waals surface area (Å²) in [4.78, 5) is 26.0. The number of rotatable bonds is 6. The Morgan fingerprint density at radius 3 is 2.70 bits per heavy atom. The number of likely N-dealkylation sites (N-methyl/N-ethyl adjacent to an activating group) is 2. The van der Waals surface area contributed by atoms with Gasteiger partial charge in [-0.25, -0.2) is 0 Å². The molecule has 6 heteroatoms. The van der Waals surface area contributed by atoms with Gasteiger partial charge in [0.15, 0.2) is 0 Å². The lowest BCUT2D eigenvalue weighted by Gasteiger charge is -2.17. The van der Waals surface area contributed by atoms with Crippen LogP contribution in [0.2, 0.25) is 5.02 Å². The van der Waals surface area contributed by atoms with Crippen molar-refractivity contribution in [2.24, 2.45) is 0 Å². The Bertz CT molecular complexity index is 743. The molecule has 2 rings (SSSR count). The summed E-state index contributed by atoms with van der Waals surface area (Å²) in [7, 11) is 3.57. The maximum absolute atomic E-state index is 12.4. The minimum absolute atomic E-state index is 0.117. The number of carbonyl (C=O) groups is 1. The van der Waals surface area contributed by atoms with Crippen LogP contribution in [0.4, 0.5) is 0 Å². The second-order valence-electron chi connectivity index (χ2n) is 5.31. The van der Waals surface area contributed by atoms with Crippen LogP contribution in [0.15, 0.2) is 47.4 Å². The Hall–Kier alpha value is -2.11. The summed E-state index contributed by atoms with van der Waals surface area (Å²) in [6.07, 6.45) is 1.59. The number of halogens is 1. The summed E-state index contributed by atoms with van der Waals surface area (Å²) in [5.74, 6) is -0.117. The number of benzene rings is 1. The Labute approximate surface area is 140 Å². The predicted octanol–water partition coefficient (Wildman–Crippen LogP) is 1.84. The highest BCUT2D eigenvalue weighted by atomic mass is 35.5. The second kappa shape index (κ2) is 7.94. The van der Waals surface area contributed by atoms with Crippen LogP contribution in [-0.2, 0) is 6.54 Å². The van der Waals surface area contributed by atoms with Crippen LogP contribution < -0.4 is 10.9 Å². The maximum Gasteiger partial charge on any atom is 0.255 e. The summed E-state index contributed by atoms with van der Waals surface area (Å²) in [5, 5.41) is 3.60. The lowest BCUT2D eigenvalue weighted by Crippen LogP contribution is -2.33. The number of hydrogen-bond donors (Lipinski definition) is 1. The number of hydrogen-bond acceptors (Lipinski definition) is 3. The molecular formula is C17H20ClN3O2. The zero-order chi connectivity index (χ0) is 16.8. The van der Waals surface area contributed by atoms with E-state index in [0.717, 1.165) is 5.56 Å². The van der Waals surface area contributed by atoms with Gasteiger partial charge in [0.05, 0.1) is 12.1 Å². The quantitative estimate of drug-likeness (QED) is 0.877. The van der Waals surface area contributed by atoms with E-state index in [1.54, 1.807) is 30.3 Å². The first kappa shape index (κ1) is 17.2. The number of aromatic nitrogens is 1.